The average molecular weight is 292 g/mol. The lowest BCUT2D eigenvalue weighted by Crippen LogP contribution is -2.03. The molecule has 1 aliphatic heterocycles. The third kappa shape index (κ3) is 2.18. The SMILES string of the molecule is O=C1Nc2cc(Cl)ccc2/C1=C/c1cc(F)ccc1F. The second-order valence-electron chi connectivity index (χ2n) is 4.37. The average Bonchev–Trinajstić information content (AvgIpc) is 2.69. The summed E-state index contributed by atoms with van der Waals surface area (Å²) >= 11 is 5.84. The molecule has 0 unspecified atom stereocenters. The lowest BCUT2D eigenvalue weighted by Gasteiger charge is -2.01. The first-order valence-corrected chi connectivity index (χ1v) is 6.20. The van der Waals surface area contributed by atoms with Gasteiger partial charge in [-0.15, -0.1) is 0 Å². The molecule has 20 heavy (non-hydrogen) atoms. The normalized spacial score (nSPS) is 15.3. The van der Waals surface area contributed by atoms with E-state index in [2.05, 4.69) is 5.32 Å². The molecule has 2 aromatic rings. The number of carbonyl (C=O) groups is 1. The molecule has 2 nitrogen and oxygen atoms in total. The van der Waals surface area contributed by atoms with Gasteiger partial charge in [-0.05, 0) is 36.4 Å². The molecule has 0 aromatic heterocycles. The largest absolute Gasteiger partial charge is 0.321 e. The van der Waals surface area contributed by atoms with Crippen LogP contribution in [-0.2, 0) is 4.79 Å². The van der Waals surface area contributed by atoms with Gasteiger partial charge in [0.25, 0.3) is 5.91 Å². The Morgan fingerprint density at radius 2 is 1.90 bits per heavy atom. The Kier molecular flexibility index (Phi) is 3.03. The molecule has 2 aromatic carbocycles. The first-order chi connectivity index (χ1) is 9.54. The molecule has 1 aliphatic rings. The molecule has 100 valence electrons. The van der Waals surface area contributed by atoms with Crippen molar-refractivity contribution in [1.82, 2.24) is 0 Å². The first kappa shape index (κ1) is 12.8. The highest BCUT2D eigenvalue weighted by atomic mass is 35.5. The minimum absolute atomic E-state index is 0.0259. The van der Waals surface area contributed by atoms with E-state index in [4.69, 9.17) is 11.6 Å². The number of fused-ring (bicyclic) bond motifs is 1. The highest BCUT2D eigenvalue weighted by Gasteiger charge is 2.24. The summed E-state index contributed by atoms with van der Waals surface area (Å²) in [5, 5.41) is 3.12. The van der Waals surface area contributed by atoms with Crippen LogP contribution in [0, 0.1) is 11.6 Å². The molecule has 0 aliphatic carbocycles. The summed E-state index contributed by atoms with van der Waals surface area (Å²) in [4.78, 5) is 11.9. The van der Waals surface area contributed by atoms with Gasteiger partial charge in [-0.3, -0.25) is 4.79 Å². The zero-order valence-electron chi connectivity index (χ0n) is 10.1. The van der Waals surface area contributed by atoms with Crippen LogP contribution < -0.4 is 5.32 Å². The molecule has 0 radical (unpaired) electrons. The maximum Gasteiger partial charge on any atom is 0.256 e. The molecule has 0 saturated carbocycles. The van der Waals surface area contributed by atoms with Crippen LogP contribution in [-0.4, -0.2) is 5.91 Å². The smallest absolute Gasteiger partial charge is 0.256 e. The van der Waals surface area contributed by atoms with E-state index in [0.717, 1.165) is 18.2 Å². The van der Waals surface area contributed by atoms with E-state index in [1.54, 1.807) is 18.2 Å². The summed E-state index contributed by atoms with van der Waals surface area (Å²) in [5.41, 5.74) is 1.48. The molecule has 0 fully saturated rings. The minimum Gasteiger partial charge on any atom is -0.321 e. The molecule has 0 bridgehead atoms. The van der Waals surface area contributed by atoms with E-state index in [0.29, 0.717) is 16.3 Å². The summed E-state index contributed by atoms with van der Waals surface area (Å²) in [6.45, 7) is 0. The summed E-state index contributed by atoms with van der Waals surface area (Å²) in [6, 6.07) is 8.01. The third-order valence-corrected chi connectivity index (χ3v) is 3.26. The quantitative estimate of drug-likeness (QED) is 0.787. The maximum absolute atomic E-state index is 13.6. The molecule has 5 heteroatoms. The van der Waals surface area contributed by atoms with Gasteiger partial charge in [-0.25, -0.2) is 8.78 Å². The number of hydrogen-bond donors (Lipinski definition) is 1. The van der Waals surface area contributed by atoms with E-state index in [-0.39, 0.29) is 17.0 Å². The third-order valence-electron chi connectivity index (χ3n) is 3.02. The fourth-order valence-electron chi connectivity index (χ4n) is 2.09. The first-order valence-electron chi connectivity index (χ1n) is 5.82. The van der Waals surface area contributed by atoms with Crippen molar-refractivity contribution >= 4 is 34.8 Å². The van der Waals surface area contributed by atoms with Crippen LogP contribution in [0.25, 0.3) is 11.6 Å². The molecule has 0 spiro atoms. The lowest BCUT2D eigenvalue weighted by molar-refractivity contribution is -0.110. The Hall–Kier alpha value is -2.20. The summed E-state index contributed by atoms with van der Waals surface area (Å²) in [7, 11) is 0. The van der Waals surface area contributed by atoms with Crippen molar-refractivity contribution in [2.75, 3.05) is 5.32 Å². The molecule has 1 amide bonds. The van der Waals surface area contributed by atoms with E-state index in [1.807, 2.05) is 0 Å². The van der Waals surface area contributed by atoms with Crippen LogP contribution in [0.3, 0.4) is 0 Å². The topological polar surface area (TPSA) is 29.1 Å². The zero-order chi connectivity index (χ0) is 14.3. The van der Waals surface area contributed by atoms with Crippen molar-refractivity contribution in [1.29, 1.82) is 0 Å². The van der Waals surface area contributed by atoms with Gasteiger partial charge in [0.05, 0.1) is 5.69 Å². The number of rotatable bonds is 1. The Balaban J connectivity index is 2.13. The molecule has 1 heterocycles. The Bertz CT molecular complexity index is 756. The van der Waals surface area contributed by atoms with E-state index in [1.165, 1.54) is 6.08 Å². The van der Waals surface area contributed by atoms with Gasteiger partial charge < -0.3 is 5.32 Å². The number of halogens is 3. The predicted octanol–water partition coefficient (Wildman–Crippen LogP) is 4.11. The van der Waals surface area contributed by atoms with Crippen molar-refractivity contribution in [2.45, 2.75) is 0 Å². The molecule has 0 saturated heterocycles. The second kappa shape index (κ2) is 4.72. The number of carbonyl (C=O) groups excluding carboxylic acids is 1. The fraction of sp³-hybridized carbons (Fsp3) is 0. The van der Waals surface area contributed by atoms with Crippen molar-refractivity contribution in [3.05, 3.63) is 64.2 Å². The summed E-state index contributed by atoms with van der Waals surface area (Å²) < 4.78 is 26.8. The zero-order valence-corrected chi connectivity index (χ0v) is 10.8. The van der Waals surface area contributed by atoms with Gasteiger partial charge in [0.2, 0.25) is 0 Å². The highest BCUT2D eigenvalue weighted by Crippen LogP contribution is 2.35. The molecule has 0 atom stereocenters. The standard InChI is InChI=1S/C15H8ClF2NO/c16-9-1-3-11-12(15(20)19-14(11)7-9)6-8-5-10(17)2-4-13(8)18/h1-7H,(H,19,20)/b12-6-. The Morgan fingerprint density at radius 3 is 2.70 bits per heavy atom. The highest BCUT2D eigenvalue weighted by molar-refractivity contribution is 6.36. The van der Waals surface area contributed by atoms with Gasteiger partial charge >= 0.3 is 0 Å². The van der Waals surface area contributed by atoms with Crippen LogP contribution >= 0.6 is 11.6 Å². The van der Waals surface area contributed by atoms with E-state index >= 15 is 0 Å². The van der Waals surface area contributed by atoms with Gasteiger partial charge in [0, 0.05) is 21.7 Å². The number of anilines is 1. The van der Waals surface area contributed by atoms with Crippen molar-refractivity contribution < 1.29 is 13.6 Å². The fourth-order valence-corrected chi connectivity index (χ4v) is 2.26. The molecular weight excluding hydrogens is 284 g/mol. The summed E-state index contributed by atoms with van der Waals surface area (Å²) in [6.07, 6.45) is 1.33. The van der Waals surface area contributed by atoms with Crippen molar-refractivity contribution in [3.8, 4) is 0 Å². The summed E-state index contributed by atoms with van der Waals surface area (Å²) in [5.74, 6) is -1.52. The van der Waals surface area contributed by atoms with Crippen LogP contribution in [0.5, 0.6) is 0 Å². The number of benzene rings is 2. The van der Waals surface area contributed by atoms with E-state index < -0.39 is 11.6 Å². The Morgan fingerprint density at radius 1 is 1.10 bits per heavy atom. The molecule has 3 rings (SSSR count). The van der Waals surface area contributed by atoms with Gasteiger partial charge in [0.15, 0.2) is 0 Å². The maximum atomic E-state index is 13.6. The second-order valence-corrected chi connectivity index (χ2v) is 4.80. The number of hydrogen-bond acceptors (Lipinski definition) is 1. The van der Waals surface area contributed by atoms with E-state index in [9.17, 15) is 13.6 Å². The van der Waals surface area contributed by atoms with Gasteiger partial charge in [-0.2, -0.15) is 0 Å². The predicted molar refractivity (Wildman–Crippen MR) is 74.3 cm³/mol. The van der Waals surface area contributed by atoms with Crippen LogP contribution in [0.2, 0.25) is 5.02 Å². The molecule has 1 N–H and O–H groups in total. The Labute approximate surface area is 118 Å². The van der Waals surface area contributed by atoms with Gasteiger partial charge in [-0.1, -0.05) is 17.7 Å². The van der Waals surface area contributed by atoms with Crippen molar-refractivity contribution in [2.24, 2.45) is 0 Å². The minimum atomic E-state index is -0.589. The lowest BCUT2D eigenvalue weighted by atomic mass is 10.0. The van der Waals surface area contributed by atoms with Crippen LogP contribution in [0.15, 0.2) is 36.4 Å². The molecular formula is C15H8ClF2NO. The van der Waals surface area contributed by atoms with Crippen LogP contribution in [0.4, 0.5) is 14.5 Å². The number of nitrogens with one attached hydrogen (secondary N) is 1. The van der Waals surface area contributed by atoms with Crippen molar-refractivity contribution in [3.63, 3.8) is 0 Å². The van der Waals surface area contributed by atoms with Crippen LogP contribution in [0.1, 0.15) is 11.1 Å². The monoisotopic (exact) mass is 291 g/mol. The van der Waals surface area contributed by atoms with Gasteiger partial charge in [0.1, 0.15) is 11.6 Å². The number of amides is 1.